The Kier molecular flexibility index (Phi) is 3.68. The topological polar surface area (TPSA) is 15.3 Å². The molecule has 2 rings (SSSR count). The summed E-state index contributed by atoms with van der Waals surface area (Å²) in [5.41, 5.74) is 0.651. The van der Waals surface area contributed by atoms with Crippen LogP contribution >= 0.6 is 0 Å². The van der Waals surface area contributed by atoms with E-state index in [2.05, 4.69) is 24.1 Å². The maximum atomic E-state index is 3.61. The van der Waals surface area contributed by atoms with Crippen LogP contribution in [0.5, 0.6) is 0 Å². The maximum absolute atomic E-state index is 3.61. The Morgan fingerprint density at radius 3 is 2.67 bits per heavy atom. The molecule has 1 unspecified atom stereocenters. The minimum atomic E-state index is 0.651. The average molecular weight is 210 g/mol. The van der Waals surface area contributed by atoms with Crippen molar-refractivity contribution in [2.75, 3.05) is 26.2 Å². The molecule has 0 radical (unpaired) electrons. The summed E-state index contributed by atoms with van der Waals surface area (Å²) in [5.74, 6) is 0. The van der Waals surface area contributed by atoms with Gasteiger partial charge in [-0.15, -0.1) is 0 Å². The molecule has 2 aliphatic rings. The van der Waals surface area contributed by atoms with E-state index in [4.69, 9.17) is 0 Å². The van der Waals surface area contributed by atoms with Crippen molar-refractivity contribution in [2.45, 2.75) is 52.0 Å². The third kappa shape index (κ3) is 2.54. The molecule has 0 aromatic heterocycles. The van der Waals surface area contributed by atoms with Gasteiger partial charge in [-0.25, -0.2) is 0 Å². The zero-order chi connectivity index (χ0) is 10.7. The van der Waals surface area contributed by atoms with Gasteiger partial charge < -0.3 is 10.2 Å². The predicted molar refractivity (Wildman–Crippen MR) is 65.1 cm³/mol. The Balaban J connectivity index is 1.81. The molecule has 2 heterocycles. The second-order valence-electron chi connectivity index (χ2n) is 5.49. The molecule has 1 atom stereocenters. The summed E-state index contributed by atoms with van der Waals surface area (Å²) < 4.78 is 0. The second-order valence-corrected chi connectivity index (χ2v) is 5.49. The fourth-order valence-electron chi connectivity index (χ4n) is 3.23. The Labute approximate surface area is 94.4 Å². The molecule has 88 valence electrons. The monoisotopic (exact) mass is 210 g/mol. The summed E-state index contributed by atoms with van der Waals surface area (Å²) in [4.78, 5) is 2.69. The van der Waals surface area contributed by atoms with Gasteiger partial charge in [0.15, 0.2) is 0 Å². The quantitative estimate of drug-likeness (QED) is 0.765. The Morgan fingerprint density at radius 1 is 1.33 bits per heavy atom. The van der Waals surface area contributed by atoms with Gasteiger partial charge in [-0.2, -0.15) is 0 Å². The lowest BCUT2D eigenvalue weighted by Gasteiger charge is -2.27. The predicted octanol–water partition coefficient (Wildman–Crippen LogP) is 2.25. The van der Waals surface area contributed by atoms with Gasteiger partial charge >= 0.3 is 0 Å². The van der Waals surface area contributed by atoms with E-state index in [0.717, 1.165) is 6.04 Å². The second kappa shape index (κ2) is 4.84. The lowest BCUT2D eigenvalue weighted by atomic mass is 9.82. The van der Waals surface area contributed by atoms with E-state index < -0.39 is 0 Å². The number of hydrogen-bond donors (Lipinski definition) is 1. The minimum Gasteiger partial charge on any atom is -0.313 e. The average Bonchev–Trinajstić information content (AvgIpc) is 2.89. The van der Waals surface area contributed by atoms with Crippen molar-refractivity contribution < 1.29 is 0 Å². The standard InChI is InChI=1S/C13H26N2/c1-3-13(4-2)7-9-15(11-13)10-12-6-5-8-14-12/h12,14H,3-11H2,1-2H3. The molecule has 0 amide bonds. The molecule has 1 N–H and O–H groups in total. The Morgan fingerprint density at radius 2 is 2.13 bits per heavy atom. The third-order valence-corrected chi connectivity index (χ3v) is 4.66. The first-order valence-corrected chi connectivity index (χ1v) is 6.74. The first-order valence-electron chi connectivity index (χ1n) is 6.74. The fraction of sp³-hybridized carbons (Fsp3) is 1.00. The van der Waals surface area contributed by atoms with E-state index in [1.807, 2.05) is 0 Å². The molecule has 2 saturated heterocycles. The normalized spacial score (nSPS) is 31.2. The van der Waals surface area contributed by atoms with Crippen LogP contribution in [-0.4, -0.2) is 37.1 Å². The first kappa shape index (κ1) is 11.4. The molecule has 2 nitrogen and oxygen atoms in total. The summed E-state index contributed by atoms with van der Waals surface area (Å²) in [7, 11) is 0. The zero-order valence-corrected chi connectivity index (χ0v) is 10.4. The van der Waals surface area contributed by atoms with Gasteiger partial charge in [0.25, 0.3) is 0 Å². The van der Waals surface area contributed by atoms with Crippen molar-refractivity contribution >= 4 is 0 Å². The molecule has 15 heavy (non-hydrogen) atoms. The van der Waals surface area contributed by atoms with E-state index in [0.29, 0.717) is 5.41 Å². The highest BCUT2D eigenvalue weighted by Crippen LogP contribution is 2.37. The highest BCUT2D eigenvalue weighted by Gasteiger charge is 2.35. The molecule has 2 heteroatoms. The highest BCUT2D eigenvalue weighted by molar-refractivity contribution is 4.90. The van der Waals surface area contributed by atoms with Gasteiger partial charge in [-0.3, -0.25) is 0 Å². The molecular formula is C13H26N2. The molecule has 2 fully saturated rings. The summed E-state index contributed by atoms with van der Waals surface area (Å²) in [6, 6.07) is 0.787. The molecule has 0 spiro atoms. The van der Waals surface area contributed by atoms with Crippen LogP contribution in [0, 0.1) is 5.41 Å². The van der Waals surface area contributed by atoms with Gasteiger partial charge in [0.1, 0.15) is 0 Å². The van der Waals surface area contributed by atoms with Crippen LogP contribution in [0.3, 0.4) is 0 Å². The zero-order valence-electron chi connectivity index (χ0n) is 10.4. The Hall–Kier alpha value is -0.0800. The van der Waals surface area contributed by atoms with E-state index >= 15 is 0 Å². The third-order valence-electron chi connectivity index (χ3n) is 4.66. The summed E-state index contributed by atoms with van der Waals surface area (Å²) >= 11 is 0. The number of nitrogens with zero attached hydrogens (tertiary/aromatic N) is 1. The van der Waals surface area contributed by atoms with E-state index in [1.54, 1.807) is 0 Å². The van der Waals surface area contributed by atoms with Crippen LogP contribution in [0.25, 0.3) is 0 Å². The summed E-state index contributed by atoms with van der Waals surface area (Å²) in [6.45, 7) is 9.94. The van der Waals surface area contributed by atoms with E-state index in [9.17, 15) is 0 Å². The van der Waals surface area contributed by atoms with Crippen molar-refractivity contribution in [1.29, 1.82) is 0 Å². The molecule has 2 aliphatic heterocycles. The van der Waals surface area contributed by atoms with Gasteiger partial charge in [-0.1, -0.05) is 13.8 Å². The van der Waals surface area contributed by atoms with Crippen molar-refractivity contribution in [3.63, 3.8) is 0 Å². The van der Waals surface area contributed by atoms with Crippen LogP contribution < -0.4 is 5.32 Å². The van der Waals surface area contributed by atoms with Crippen molar-refractivity contribution in [2.24, 2.45) is 5.41 Å². The molecule has 0 aromatic carbocycles. The molecule has 0 bridgehead atoms. The van der Waals surface area contributed by atoms with Gasteiger partial charge in [-0.05, 0) is 50.6 Å². The van der Waals surface area contributed by atoms with Crippen molar-refractivity contribution in [1.82, 2.24) is 10.2 Å². The van der Waals surface area contributed by atoms with Crippen molar-refractivity contribution in [3.8, 4) is 0 Å². The SMILES string of the molecule is CCC1(CC)CCN(CC2CCCN2)C1. The van der Waals surface area contributed by atoms with Crippen LogP contribution in [0.15, 0.2) is 0 Å². The minimum absolute atomic E-state index is 0.651. The van der Waals surface area contributed by atoms with E-state index in [1.165, 1.54) is 58.3 Å². The molecule has 0 aliphatic carbocycles. The van der Waals surface area contributed by atoms with Crippen LogP contribution in [0.1, 0.15) is 46.0 Å². The van der Waals surface area contributed by atoms with E-state index in [-0.39, 0.29) is 0 Å². The molecule has 0 aromatic rings. The number of nitrogens with one attached hydrogen (secondary N) is 1. The number of rotatable bonds is 4. The van der Waals surface area contributed by atoms with Crippen molar-refractivity contribution in [3.05, 3.63) is 0 Å². The Bertz CT molecular complexity index is 193. The summed E-state index contributed by atoms with van der Waals surface area (Å²) in [6.07, 6.45) is 6.91. The highest BCUT2D eigenvalue weighted by atomic mass is 15.2. The van der Waals surface area contributed by atoms with Gasteiger partial charge in [0, 0.05) is 19.1 Å². The summed E-state index contributed by atoms with van der Waals surface area (Å²) in [5, 5.41) is 3.61. The number of likely N-dealkylation sites (tertiary alicyclic amines) is 1. The lowest BCUT2D eigenvalue weighted by molar-refractivity contribution is 0.229. The smallest absolute Gasteiger partial charge is 0.0195 e. The maximum Gasteiger partial charge on any atom is 0.0195 e. The van der Waals surface area contributed by atoms with Gasteiger partial charge in [0.2, 0.25) is 0 Å². The lowest BCUT2D eigenvalue weighted by Crippen LogP contribution is -2.37. The van der Waals surface area contributed by atoms with Crippen LogP contribution in [0.2, 0.25) is 0 Å². The van der Waals surface area contributed by atoms with Crippen LogP contribution in [-0.2, 0) is 0 Å². The van der Waals surface area contributed by atoms with Gasteiger partial charge in [0.05, 0.1) is 0 Å². The number of hydrogen-bond acceptors (Lipinski definition) is 2. The first-order chi connectivity index (χ1) is 7.28. The molecular weight excluding hydrogens is 184 g/mol. The molecule has 0 saturated carbocycles. The fourth-order valence-corrected chi connectivity index (χ4v) is 3.23. The van der Waals surface area contributed by atoms with Crippen LogP contribution in [0.4, 0.5) is 0 Å². The largest absolute Gasteiger partial charge is 0.313 e.